The molecule has 8 aliphatic heterocycles. The highest BCUT2D eigenvalue weighted by Crippen LogP contribution is 2.62. The number of nitrogens with zero attached hydrogens (tertiary/aromatic N) is 1. The fourth-order valence-electron chi connectivity index (χ4n) is 10.1. The highest BCUT2D eigenvalue weighted by atomic mass is 19.4. The van der Waals surface area contributed by atoms with Crippen LogP contribution >= 0.6 is 0 Å². The molecule has 2 saturated carbocycles. The van der Waals surface area contributed by atoms with Gasteiger partial charge in [-0.25, -0.2) is 19.6 Å². The summed E-state index contributed by atoms with van der Waals surface area (Å²) >= 11 is 0. The van der Waals surface area contributed by atoms with Crippen molar-refractivity contribution in [3.05, 3.63) is 22.7 Å². The summed E-state index contributed by atoms with van der Waals surface area (Å²) in [5.41, 5.74) is -2.98. The average molecular weight is 698 g/mol. The van der Waals surface area contributed by atoms with Crippen molar-refractivity contribution >= 4 is 0 Å². The first-order valence-corrected chi connectivity index (χ1v) is 16.9. The van der Waals surface area contributed by atoms with Gasteiger partial charge in [-0.2, -0.15) is 31.4 Å². The summed E-state index contributed by atoms with van der Waals surface area (Å²) in [4.78, 5) is 29.1. The van der Waals surface area contributed by atoms with Crippen molar-refractivity contribution in [2.45, 2.75) is 120 Å². The summed E-state index contributed by atoms with van der Waals surface area (Å²) in [5, 5.41) is 1.12. The van der Waals surface area contributed by atoms with Crippen LogP contribution in [0.15, 0.2) is 22.7 Å². The van der Waals surface area contributed by atoms with Crippen LogP contribution in [0.2, 0.25) is 0 Å². The molecule has 8 heterocycles. The first-order chi connectivity index (χ1) is 22.6. The lowest BCUT2D eigenvalue weighted by Crippen LogP contribution is -2.67. The molecule has 0 amide bonds. The molecule has 270 valence electrons. The summed E-state index contributed by atoms with van der Waals surface area (Å²) in [6, 6.07) is 0. The lowest BCUT2D eigenvalue weighted by Gasteiger charge is -2.57. The Bertz CT molecular complexity index is 1370. The molecule has 10 nitrogen and oxygen atoms in total. The van der Waals surface area contributed by atoms with Gasteiger partial charge in [0.05, 0.1) is 6.61 Å². The summed E-state index contributed by atoms with van der Waals surface area (Å²) in [6.07, 6.45) is -9.28. The van der Waals surface area contributed by atoms with E-state index in [1.54, 1.807) is 6.92 Å². The normalized spacial score (nSPS) is 46.9. The number of hydroxylamine groups is 2. The van der Waals surface area contributed by atoms with E-state index in [2.05, 4.69) is 0 Å². The molecule has 16 heteroatoms. The van der Waals surface area contributed by atoms with Gasteiger partial charge in [0.25, 0.3) is 0 Å². The van der Waals surface area contributed by atoms with Gasteiger partial charge < -0.3 is 18.9 Å². The number of rotatable bonds is 5. The monoisotopic (exact) mass is 697 g/mol. The first kappa shape index (κ1) is 33.5. The molecule has 6 saturated heterocycles. The van der Waals surface area contributed by atoms with E-state index >= 15 is 0 Å². The minimum absolute atomic E-state index is 0.0933. The Morgan fingerprint density at radius 3 is 2.04 bits per heavy atom. The molecule has 0 N–H and O–H groups in total. The summed E-state index contributed by atoms with van der Waals surface area (Å²) < 4.78 is 111. The van der Waals surface area contributed by atoms with E-state index in [9.17, 15) is 26.3 Å². The minimum Gasteiger partial charge on any atom is -0.456 e. The Kier molecular flexibility index (Phi) is 7.79. The molecule has 10 rings (SSSR count). The number of allylic oxidation sites excluding steroid dienone is 2. The second-order valence-electron chi connectivity index (χ2n) is 15.1. The van der Waals surface area contributed by atoms with Crippen LogP contribution in [0.4, 0.5) is 26.3 Å². The van der Waals surface area contributed by atoms with Gasteiger partial charge in [-0.1, -0.05) is 13.8 Å². The molecule has 0 radical (unpaired) electrons. The highest BCUT2D eigenvalue weighted by molar-refractivity contribution is 5.30. The van der Waals surface area contributed by atoms with E-state index in [0.717, 1.165) is 5.06 Å². The zero-order valence-corrected chi connectivity index (χ0v) is 27.2. The van der Waals surface area contributed by atoms with Crippen molar-refractivity contribution in [2.24, 2.45) is 35.5 Å². The quantitative estimate of drug-likeness (QED) is 0.178. The lowest BCUT2D eigenvalue weighted by molar-refractivity contribution is -0.558. The number of fused-ring (bicyclic) bond motifs is 4. The van der Waals surface area contributed by atoms with E-state index in [1.165, 1.54) is 7.05 Å². The largest absolute Gasteiger partial charge is 0.456 e. The Balaban J connectivity index is 1.11. The maximum atomic E-state index is 14.6. The predicted octanol–water partition coefficient (Wildman–Crippen LogP) is 6.58. The van der Waals surface area contributed by atoms with Gasteiger partial charge in [0.15, 0.2) is 17.5 Å². The predicted molar refractivity (Wildman–Crippen MR) is 148 cm³/mol. The lowest BCUT2D eigenvalue weighted by atomic mass is 9.59. The molecule has 12 atom stereocenters. The van der Waals surface area contributed by atoms with Crippen LogP contribution < -0.4 is 0 Å². The van der Waals surface area contributed by atoms with Crippen molar-refractivity contribution in [3.8, 4) is 0 Å². The molecule has 10 aliphatic rings. The number of likely N-dealkylation sites (N-methyl/N-ethyl adjacent to an activating group) is 1. The van der Waals surface area contributed by atoms with Crippen molar-refractivity contribution < 1.29 is 69.7 Å². The number of halogens is 6. The Hall–Kier alpha value is -1.66. The number of hydrogen-bond donors (Lipinski definition) is 0. The van der Waals surface area contributed by atoms with Gasteiger partial charge in [-0.05, 0) is 62.9 Å². The molecular weight excluding hydrogens is 656 g/mol. The standard InChI is InChI=1S/C32H41F6NO9/c1-15-5-7-21-17(24(31(33,34)35)42-26-29(21)19(15)9-10-23(41-26)45-47-29)13-39(4)40-14-18-22-8-6-16(2)20-11-12-28(3)44-27(30(20,22)48-46-28)43-25(18)32(36,37)38/h15-16,19-23,26-27H,5-14H2,1-4H3/t15-,16-,19?,20?,21+,22+,23-,26+,27-,28-,29-,30?/m1/s1. The van der Waals surface area contributed by atoms with Gasteiger partial charge in [-0.15, -0.1) is 0 Å². The van der Waals surface area contributed by atoms with Crippen LogP contribution in [0.5, 0.6) is 0 Å². The maximum Gasteiger partial charge on any atom is 0.449 e. The van der Waals surface area contributed by atoms with Crippen molar-refractivity contribution in [2.75, 3.05) is 20.2 Å². The number of alkyl halides is 6. The topological polar surface area (TPSA) is 86.3 Å². The highest BCUT2D eigenvalue weighted by Gasteiger charge is 2.71. The zero-order valence-electron chi connectivity index (χ0n) is 27.2. The van der Waals surface area contributed by atoms with Crippen LogP contribution in [-0.2, 0) is 43.3 Å². The van der Waals surface area contributed by atoms with Gasteiger partial charge in [-0.3, -0.25) is 4.84 Å². The Labute approximate surface area is 273 Å². The fourth-order valence-corrected chi connectivity index (χ4v) is 10.1. The minimum atomic E-state index is -4.89. The van der Waals surface area contributed by atoms with Crippen molar-refractivity contribution in [1.82, 2.24) is 5.06 Å². The number of hydrogen-bond acceptors (Lipinski definition) is 10. The van der Waals surface area contributed by atoms with Gasteiger partial charge in [0.2, 0.25) is 29.9 Å². The van der Waals surface area contributed by atoms with Gasteiger partial charge >= 0.3 is 12.4 Å². The molecular formula is C32H41F6NO9. The second-order valence-corrected chi connectivity index (χ2v) is 15.1. The zero-order chi connectivity index (χ0) is 34.0. The number of ether oxygens (including phenoxy) is 4. The van der Waals surface area contributed by atoms with E-state index < -0.39 is 84.7 Å². The van der Waals surface area contributed by atoms with E-state index in [-0.39, 0.29) is 34.8 Å². The maximum absolute atomic E-state index is 14.6. The fraction of sp³-hybridized carbons (Fsp3) is 0.875. The molecule has 2 spiro atoms. The first-order valence-electron chi connectivity index (χ1n) is 16.9. The summed E-state index contributed by atoms with van der Waals surface area (Å²) in [7, 11) is 1.39. The summed E-state index contributed by atoms with van der Waals surface area (Å²) in [5.74, 6) is -5.54. The van der Waals surface area contributed by atoms with Crippen LogP contribution in [-0.4, -0.2) is 73.5 Å². The summed E-state index contributed by atoms with van der Waals surface area (Å²) in [6.45, 7) is 4.65. The van der Waals surface area contributed by atoms with Crippen molar-refractivity contribution in [1.29, 1.82) is 0 Å². The van der Waals surface area contributed by atoms with Gasteiger partial charge in [0.1, 0.15) is 0 Å². The third kappa shape index (κ3) is 4.90. The molecule has 48 heavy (non-hydrogen) atoms. The average Bonchev–Trinajstić information content (AvgIpc) is 3.42. The molecule has 3 unspecified atom stereocenters. The third-order valence-corrected chi connectivity index (χ3v) is 12.3. The second kappa shape index (κ2) is 11.2. The molecule has 0 aromatic rings. The smallest absolute Gasteiger partial charge is 0.449 e. The van der Waals surface area contributed by atoms with E-state index in [4.69, 9.17) is 43.3 Å². The van der Waals surface area contributed by atoms with Crippen molar-refractivity contribution in [3.63, 3.8) is 0 Å². The Morgan fingerprint density at radius 2 is 1.35 bits per heavy atom. The molecule has 0 aromatic carbocycles. The van der Waals surface area contributed by atoms with Crippen LogP contribution in [0, 0.1) is 35.5 Å². The van der Waals surface area contributed by atoms with Gasteiger partial charge in [0, 0.05) is 55.7 Å². The molecule has 0 aromatic heterocycles. The third-order valence-electron chi connectivity index (χ3n) is 12.3. The van der Waals surface area contributed by atoms with Crippen LogP contribution in [0.1, 0.15) is 72.1 Å². The van der Waals surface area contributed by atoms with E-state index in [1.807, 2.05) is 13.8 Å². The SMILES string of the molecule is C[C@@H]1CC[C@H]2C(CON(C)CC3=C(C(F)(F)F)O[C@@H]4O[C@H]5CCC6[C@H](C)CC[C@@H]3[C@]64OO5)=C(C(F)(F)F)O[C@@H]3O[C@@]4(C)CCC1C32OO4. The Morgan fingerprint density at radius 1 is 0.750 bits per heavy atom. The van der Waals surface area contributed by atoms with Crippen LogP contribution in [0.3, 0.4) is 0 Å². The molecule has 4 bridgehead atoms. The molecule has 8 fully saturated rings. The molecule has 2 aliphatic carbocycles. The van der Waals surface area contributed by atoms with E-state index in [0.29, 0.717) is 51.4 Å². The van der Waals surface area contributed by atoms with Crippen LogP contribution in [0.25, 0.3) is 0 Å².